The van der Waals surface area contributed by atoms with E-state index < -0.39 is 18.5 Å². The van der Waals surface area contributed by atoms with Crippen molar-refractivity contribution < 1.29 is 33.0 Å². The molecule has 0 spiro atoms. The number of carboxylic acids is 1. The normalized spacial score (nSPS) is 10.3. The number of hydrogen-bond acceptors (Lipinski definition) is 5. The molecule has 9 heteroatoms. The molecule has 0 fully saturated rings. The number of nitrogens with one attached hydrogen (secondary N) is 1. The van der Waals surface area contributed by atoms with Gasteiger partial charge >= 0.3 is 12.6 Å². The van der Waals surface area contributed by atoms with Crippen LogP contribution in [-0.2, 0) is 0 Å². The van der Waals surface area contributed by atoms with Crippen LogP contribution in [0.4, 0.5) is 14.5 Å². The number of carboxylic acid groups (broad SMARTS) is 1. The summed E-state index contributed by atoms with van der Waals surface area (Å²) in [5.74, 6) is -2.05. The lowest BCUT2D eigenvalue weighted by atomic mass is 10.2. The van der Waals surface area contributed by atoms with E-state index in [1.165, 1.54) is 43.5 Å². The number of aromatic nitrogens is 1. The summed E-state index contributed by atoms with van der Waals surface area (Å²) in [4.78, 5) is 26.7. The van der Waals surface area contributed by atoms with Gasteiger partial charge in [0.25, 0.3) is 5.91 Å². The van der Waals surface area contributed by atoms with Gasteiger partial charge in [-0.25, -0.2) is 9.78 Å². The number of nitrogens with zero attached hydrogens (tertiary/aromatic N) is 1. The second kappa shape index (κ2) is 7.36. The summed E-state index contributed by atoms with van der Waals surface area (Å²) in [7, 11) is 1.37. The number of rotatable bonds is 6. The molecule has 1 heterocycles. The van der Waals surface area contributed by atoms with Gasteiger partial charge in [-0.05, 0) is 24.3 Å². The molecule has 2 rings (SSSR count). The highest BCUT2D eigenvalue weighted by Crippen LogP contribution is 2.30. The SMILES string of the molecule is COc1ccc(OC(F)F)c(NC(=O)c2cccc(C(=O)O)n2)c1. The second-order valence-corrected chi connectivity index (χ2v) is 4.41. The number of halogens is 2. The van der Waals surface area contributed by atoms with Gasteiger partial charge in [-0.3, -0.25) is 4.79 Å². The molecule has 126 valence electrons. The Balaban J connectivity index is 2.30. The molecule has 0 unspecified atom stereocenters. The molecule has 2 N–H and O–H groups in total. The van der Waals surface area contributed by atoms with Gasteiger partial charge in [0.2, 0.25) is 0 Å². The van der Waals surface area contributed by atoms with Gasteiger partial charge in [0.05, 0.1) is 12.8 Å². The summed E-state index contributed by atoms with van der Waals surface area (Å²) >= 11 is 0. The van der Waals surface area contributed by atoms with Gasteiger partial charge < -0.3 is 19.9 Å². The van der Waals surface area contributed by atoms with E-state index >= 15 is 0 Å². The molecule has 7 nitrogen and oxygen atoms in total. The van der Waals surface area contributed by atoms with Crippen LogP contribution < -0.4 is 14.8 Å². The Hall–Kier alpha value is -3.23. The lowest BCUT2D eigenvalue weighted by molar-refractivity contribution is -0.0494. The van der Waals surface area contributed by atoms with Crippen molar-refractivity contribution in [2.45, 2.75) is 6.61 Å². The van der Waals surface area contributed by atoms with Gasteiger partial charge in [0.1, 0.15) is 22.9 Å². The van der Waals surface area contributed by atoms with E-state index in [-0.39, 0.29) is 22.8 Å². The fraction of sp³-hybridized carbons (Fsp3) is 0.133. The highest BCUT2D eigenvalue weighted by atomic mass is 19.3. The fourth-order valence-corrected chi connectivity index (χ4v) is 1.80. The van der Waals surface area contributed by atoms with Crippen molar-refractivity contribution in [2.24, 2.45) is 0 Å². The van der Waals surface area contributed by atoms with Crippen LogP contribution in [0.2, 0.25) is 0 Å². The Morgan fingerprint density at radius 2 is 1.92 bits per heavy atom. The number of carbonyl (C=O) groups is 2. The Bertz CT molecular complexity index is 767. The zero-order valence-electron chi connectivity index (χ0n) is 12.3. The number of carbonyl (C=O) groups excluding carboxylic acids is 1. The maximum absolute atomic E-state index is 12.4. The molecule has 1 aromatic heterocycles. The van der Waals surface area contributed by atoms with Crippen LogP contribution in [0, 0.1) is 0 Å². The largest absolute Gasteiger partial charge is 0.497 e. The predicted octanol–water partition coefficient (Wildman–Crippen LogP) is 2.64. The molecule has 0 radical (unpaired) electrons. The van der Waals surface area contributed by atoms with E-state index in [9.17, 15) is 18.4 Å². The number of benzene rings is 1. The topological polar surface area (TPSA) is 97.8 Å². The molecule has 24 heavy (non-hydrogen) atoms. The van der Waals surface area contributed by atoms with Gasteiger partial charge in [-0.15, -0.1) is 0 Å². The zero-order valence-corrected chi connectivity index (χ0v) is 12.3. The van der Waals surface area contributed by atoms with Crippen molar-refractivity contribution in [2.75, 3.05) is 12.4 Å². The number of anilines is 1. The third kappa shape index (κ3) is 4.15. The highest BCUT2D eigenvalue weighted by Gasteiger charge is 2.16. The molecular formula is C15H12F2N2O5. The van der Waals surface area contributed by atoms with E-state index in [1.54, 1.807) is 0 Å². The van der Waals surface area contributed by atoms with Crippen molar-refractivity contribution in [3.05, 3.63) is 47.8 Å². The standard InChI is InChI=1S/C15H12F2N2O5/c1-23-8-5-6-12(24-15(16)17)11(7-8)19-13(20)9-3-2-4-10(18-9)14(21)22/h2-7,15H,1H3,(H,19,20)(H,21,22). The lowest BCUT2D eigenvalue weighted by Gasteiger charge is -2.13. The molecule has 0 bridgehead atoms. The van der Waals surface area contributed by atoms with Crippen molar-refractivity contribution in [3.8, 4) is 11.5 Å². The Morgan fingerprint density at radius 3 is 2.54 bits per heavy atom. The average Bonchev–Trinajstić information content (AvgIpc) is 2.56. The second-order valence-electron chi connectivity index (χ2n) is 4.41. The van der Waals surface area contributed by atoms with Crippen molar-refractivity contribution in [1.29, 1.82) is 0 Å². The first kappa shape index (κ1) is 17.1. The van der Waals surface area contributed by atoms with Crippen molar-refractivity contribution in [3.63, 3.8) is 0 Å². The van der Waals surface area contributed by atoms with E-state index in [0.717, 1.165) is 0 Å². The van der Waals surface area contributed by atoms with Gasteiger partial charge in [0, 0.05) is 6.07 Å². The van der Waals surface area contributed by atoms with Crippen molar-refractivity contribution in [1.82, 2.24) is 4.98 Å². The molecule has 0 saturated heterocycles. The van der Waals surface area contributed by atoms with Crippen LogP contribution in [-0.4, -0.2) is 35.7 Å². The molecule has 2 aromatic rings. The molecule has 0 aliphatic heterocycles. The third-order valence-electron chi connectivity index (χ3n) is 2.85. The Kier molecular flexibility index (Phi) is 5.25. The van der Waals surface area contributed by atoms with E-state index in [2.05, 4.69) is 15.0 Å². The smallest absolute Gasteiger partial charge is 0.387 e. The fourth-order valence-electron chi connectivity index (χ4n) is 1.80. The van der Waals surface area contributed by atoms with Crippen LogP contribution in [0.1, 0.15) is 21.0 Å². The van der Waals surface area contributed by atoms with Gasteiger partial charge in [-0.1, -0.05) is 6.07 Å². The van der Waals surface area contributed by atoms with Crippen LogP contribution in [0.25, 0.3) is 0 Å². The minimum Gasteiger partial charge on any atom is -0.497 e. The minimum absolute atomic E-state index is 0.0674. The molecule has 0 saturated carbocycles. The Morgan fingerprint density at radius 1 is 1.21 bits per heavy atom. The first-order valence-electron chi connectivity index (χ1n) is 6.55. The summed E-state index contributed by atoms with van der Waals surface area (Å²) in [5, 5.41) is 11.2. The number of aromatic carboxylic acids is 1. The molecule has 0 aliphatic carbocycles. The van der Waals surface area contributed by atoms with Crippen LogP contribution >= 0.6 is 0 Å². The molecule has 0 atom stereocenters. The number of hydrogen-bond donors (Lipinski definition) is 2. The number of ether oxygens (including phenoxy) is 2. The van der Waals surface area contributed by atoms with E-state index in [0.29, 0.717) is 5.75 Å². The van der Waals surface area contributed by atoms with Crippen molar-refractivity contribution >= 4 is 17.6 Å². The van der Waals surface area contributed by atoms with E-state index in [1.807, 2.05) is 0 Å². The summed E-state index contributed by atoms with van der Waals surface area (Å²) in [5.41, 5.74) is -0.583. The highest BCUT2D eigenvalue weighted by molar-refractivity contribution is 6.04. The van der Waals surface area contributed by atoms with Gasteiger partial charge in [0.15, 0.2) is 0 Å². The van der Waals surface area contributed by atoms with Crippen LogP contribution in [0.15, 0.2) is 36.4 Å². The Labute approximate surface area is 134 Å². The van der Waals surface area contributed by atoms with Crippen LogP contribution in [0.3, 0.4) is 0 Å². The predicted molar refractivity (Wildman–Crippen MR) is 78.8 cm³/mol. The lowest BCUT2D eigenvalue weighted by Crippen LogP contribution is -2.16. The summed E-state index contributed by atoms with van der Waals surface area (Å²) in [6, 6.07) is 7.73. The molecule has 0 aliphatic rings. The molecule has 1 amide bonds. The van der Waals surface area contributed by atoms with Crippen LogP contribution in [0.5, 0.6) is 11.5 Å². The third-order valence-corrected chi connectivity index (χ3v) is 2.85. The molecule has 1 aromatic carbocycles. The first-order valence-corrected chi connectivity index (χ1v) is 6.55. The summed E-state index contributed by atoms with van der Waals surface area (Å²) in [6.07, 6.45) is 0. The monoisotopic (exact) mass is 338 g/mol. The quantitative estimate of drug-likeness (QED) is 0.840. The molecular weight excluding hydrogens is 326 g/mol. The maximum Gasteiger partial charge on any atom is 0.387 e. The minimum atomic E-state index is -3.08. The zero-order chi connectivity index (χ0) is 17.7. The maximum atomic E-state index is 12.4. The number of pyridine rings is 1. The number of alkyl halides is 2. The number of methoxy groups -OCH3 is 1. The number of amides is 1. The van der Waals surface area contributed by atoms with Gasteiger partial charge in [-0.2, -0.15) is 8.78 Å². The summed E-state index contributed by atoms with van der Waals surface area (Å²) in [6.45, 7) is -3.08. The first-order chi connectivity index (χ1) is 11.4. The average molecular weight is 338 g/mol. The van der Waals surface area contributed by atoms with E-state index in [4.69, 9.17) is 9.84 Å². The summed E-state index contributed by atoms with van der Waals surface area (Å²) < 4.78 is 34.2.